The third-order valence-electron chi connectivity index (χ3n) is 5.42. The quantitative estimate of drug-likeness (QED) is 0.577. The number of pyridine rings is 1. The van der Waals surface area contributed by atoms with E-state index in [1.54, 1.807) is 18.6 Å². The number of nitriles is 1. The summed E-state index contributed by atoms with van der Waals surface area (Å²) >= 11 is 6.39. The Morgan fingerprint density at radius 2 is 1.69 bits per heavy atom. The zero-order chi connectivity index (χ0) is 19.6. The van der Waals surface area contributed by atoms with Crippen molar-refractivity contribution in [3.05, 3.63) is 29.2 Å². The molecule has 0 aliphatic carbocycles. The zero-order valence-electron chi connectivity index (χ0n) is 16.3. The van der Waals surface area contributed by atoms with Gasteiger partial charge in [0.1, 0.15) is 14.1 Å². The Balaban J connectivity index is 2.74. The third kappa shape index (κ3) is 3.40. The maximum absolute atomic E-state index is 9.25. The smallest absolute Gasteiger partial charge is 0.148 e. The van der Waals surface area contributed by atoms with Crippen molar-refractivity contribution in [3.63, 3.8) is 0 Å². The number of nitrogens with zero attached hydrogens (tertiary/aromatic N) is 3. The molecule has 0 saturated carbocycles. The number of nitrogens with two attached hydrogens (primary N) is 1. The molecule has 6 heteroatoms. The van der Waals surface area contributed by atoms with Gasteiger partial charge in [-0.3, -0.25) is 9.55 Å². The number of fused-ring (bicyclic) bond motifs is 1. The molecule has 26 heavy (non-hydrogen) atoms. The van der Waals surface area contributed by atoms with Gasteiger partial charge in [0.2, 0.25) is 0 Å². The van der Waals surface area contributed by atoms with Gasteiger partial charge >= 0.3 is 0 Å². The van der Waals surface area contributed by atoms with Crippen LogP contribution in [0.25, 0.3) is 10.9 Å². The molecule has 0 spiro atoms. The van der Waals surface area contributed by atoms with E-state index in [0.717, 1.165) is 10.9 Å². The second-order valence-electron chi connectivity index (χ2n) is 7.71. The molecule has 0 aliphatic rings. The molecule has 138 valence electrons. The third-order valence-corrected chi connectivity index (χ3v) is 12.0. The highest BCUT2D eigenvalue weighted by Crippen LogP contribution is 2.41. The van der Waals surface area contributed by atoms with E-state index in [-0.39, 0.29) is 0 Å². The lowest BCUT2D eigenvalue weighted by atomic mass is 10.1. The molecule has 0 bridgehead atoms. The summed E-state index contributed by atoms with van der Waals surface area (Å²) in [7, 11) is -1.88. The van der Waals surface area contributed by atoms with Crippen LogP contribution >= 0.6 is 11.6 Å². The van der Waals surface area contributed by atoms with Crippen LogP contribution in [0.3, 0.4) is 0 Å². The Morgan fingerprint density at radius 3 is 2.19 bits per heavy atom. The minimum Gasteiger partial charge on any atom is -0.312 e. The molecule has 4 nitrogen and oxygen atoms in total. The fraction of sp³-hybridized carbons (Fsp3) is 0.500. The number of halogens is 1. The summed E-state index contributed by atoms with van der Waals surface area (Å²) in [6.45, 7) is 13.7. The molecular formula is C20H27ClN4Si. The largest absolute Gasteiger partial charge is 0.312 e. The second kappa shape index (κ2) is 7.84. The van der Waals surface area contributed by atoms with Crippen LogP contribution in [-0.4, -0.2) is 17.6 Å². The van der Waals surface area contributed by atoms with Crippen molar-refractivity contribution < 1.29 is 0 Å². The van der Waals surface area contributed by atoms with Crippen LogP contribution in [-0.2, 0) is 0 Å². The Bertz CT molecular complexity index is 874. The van der Waals surface area contributed by atoms with Gasteiger partial charge in [-0.2, -0.15) is 5.26 Å². The van der Waals surface area contributed by atoms with Crippen LogP contribution in [0.4, 0.5) is 0 Å². The first-order chi connectivity index (χ1) is 12.2. The standard InChI is InChI=1S/C20H27ClN4Si/c1-13(2)26(14(3)4,15(5)6)8-7-25-12-18(21)16-10-24-11-17(20(16)25)19(23)9-22/h10-15,19H,23H2,1-6H3. The van der Waals surface area contributed by atoms with Crippen LogP contribution in [0.5, 0.6) is 0 Å². The first-order valence-electron chi connectivity index (χ1n) is 8.99. The second-order valence-corrected chi connectivity index (χ2v) is 13.7. The zero-order valence-corrected chi connectivity index (χ0v) is 18.1. The van der Waals surface area contributed by atoms with Gasteiger partial charge in [0, 0.05) is 35.6 Å². The van der Waals surface area contributed by atoms with E-state index in [2.05, 4.69) is 64.2 Å². The van der Waals surface area contributed by atoms with Crippen molar-refractivity contribution in [3.8, 4) is 17.7 Å². The predicted octanol–water partition coefficient (Wildman–Crippen LogP) is 5.24. The van der Waals surface area contributed by atoms with Crippen LogP contribution in [0.15, 0.2) is 18.6 Å². The summed E-state index contributed by atoms with van der Waals surface area (Å²) in [4.78, 5) is 4.18. The van der Waals surface area contributed by atoms with Crippen LogP contribution in [0.1, 0.15) is 53.1 Å². The molecule has 0 aromatic carbocycles. The lowest BCUT2D eigenvalue weighted by Crippen LogP contribution is -2.43. The van der Waals surface area contributed by atoms with Gasteiger partial charge in [-0.05, 0) is 16.6 Å². The van der Waals surface area contributed by atoms with E-state index in [0.29, 0.717) is 27.2 Å². The van der Waals surface area contributed by atoms with Crippen molar-refractivity contribution in [2.24, 2.45) is 5.73 Å². The first kappa shape index (κ1) is 20.5. The maximum Gasteiger partial charge on any atom is 0.148 e. The highest BCUT2D eigenvalue weighted by molar-refractivity contribution is 6.90. The van der Waals surface area contributed by atoms with E-state index in [4.69, 9.17) is 17.3 Å². The fourth-order valence-electron chi connectivity index (χ4n) is 4.14. The molecule has 0 amide bonds. The molecule has 2 heterocycles. The fourth-order valence-corrected chi connectivity index (χ4v) is 9.55. The van der Waals surface area contributed by atoms with Crippen LogP contribution < -0.4 is 5.73 Å². The van der Waals surface area contributed by atoms with Gasteiger partial charge < -0.3 is 5.73 Å². The Kier molecular flexibility index (Phi) is 6.19. The van der Waals surface area contributed by atoms with Crippen molar-refractivity contribution in [2.75, 3.05) is 0 Å². The SMILES string of the molecule is CC(C)[Si](C#Cn1cc(Cl)c2cncc(C(N)C#N)c21)(C(C)C)C(C)C. The highest BCUT2D eigenvalue weighted by Gasteiger charge is 2.41. The average Bonchev–Trinajstić information content (AvgIpc) is 2.90. The van der Waals surface area contributed by atoms with Crippen molar-refractivity contribution in [1.82, 2.24) is 9.55 Å². The van der Waals surface area contributed by atoms with Crippen molar-refractivity contribution >= 4 is 30.6 Å². The molecule has 1 unspecified atom stereocenters. The van der Waals surface area contributed by atoms with E-state index >= 15 is 0 Å². The summed E-state index contributed by atoms with van der Waals surface area (Å²) in [5, 5.41) is 10.6. The van der Waals surface area contributed by atoms with Gasteiger partial charge in [0.05, 0.1) is 16.6 Å². The minimum absolute atomic E-state index is 0.537. The molecule has 1 atom stereocenters. The summed E-state index contributed by atoms with van der Waals surface area (Å²) in [6, 6.07) is 4.68. The van der Waals surface area contributed by atoms with Crippen LogP contribution in [0, 0.1) is 22.9 Å². The summed E-state index contributed by atoms with van der Waals surface area (Å²) < 4.78 is 1.83. The number of aromatic nitrogens is 2. The molecule has 2 aromatic rings. The van der Waals surface area contributed by atoms with Gasteiger partial charge in [0.25, 0.3) is 0 Å². The summed E-state index contributed by atoms with van der Waals surface area (Å²) in [5.74, 6) is 0. The molecule has 0 radical (unpaired) electrons. The van der Waals surface area contributed by atoms with E-state index in [9.17, 15) is 5.26 Å². The van der Waals surface area contributed by atoms with E-state index in [1.165, 1.54) is 0 Å². The molecule has 2 N–H and O–H groups in total. The first-order valence-corrected chi connectivity index (χ1v) is 11.6. The Hall–Kier alpha value is -1.79. The monoisotopic (exact) mass is 386 g/mol. The Labute approximate surface area is 162 Å². The topological polar surface area (TPSA) is 67.6 Å². The normalized spacial score (nSPS) is 13.2. The van der Waals surface area contributed by atoms with Crippen LogP contribution in [0.2, 0.25) is 21.6 Å². The van der Waals surface area contributed by atoms with E-state index < -0.39 is 14.1 Å². The van der Waals surface area contributed by atoms with Gasteiger partial charge in [-0.25, -0.2) is 0 Å². The minimum atomic E-state index is -1.88. The maximum atomic E-state index is 9.25. The number of rotatable bonds is 4. The average molecular weight is 387 g/mol. The van der Waals surface area contributed by atoms with Gasteiger partial charge in [0.15, 0.2) is 0 Å². The summed E-state index contributed by atoms with van der Waals surface area (Å²) in [5.41, 5.74) is 12.7. The molecular weight excluding hydrogens is 360 g/mol. The number of hydrogen-bond donors (Lipinski definition) is 1. The Morgan fingerprint density at radius 1 is 1.12 bits per heavy atom. The lowest BCUT2D eigenvalue weighted by Gasteiger charge is -2.37. The lowest BCUT2D eigenvalue weighted by molar-refractivity contribution is 0.838. The highest BCUT2D eigenvalue weighted by atomic mass is 35.5. The molecule has 2 aromatic heterocycles. The van der Waals surface area contributed by atoms with Crippen molar-refractivity contribution in [2.45, 2.75) is 64.2 Å². The molecule has 0 aliphatic heterocycles. The molecule has 2 rings (SSSR count). The van der Waals surface area contributed by atoms with Gasteiger partial charge in [-0.1, -0.05) is 53.1 Å². The number of hydrogen-bond acceptors (Lipinski definition) is 3. The molecule has 0 fully saturated rings. The molecule has 0 saturated heterocycles. The van der Waals surface area contributed by atoms with E-state index in [1.807, 2.05) is 4.57 Å². The van der Waals surface area contributed by atoms with Crippen molar-refractivity contribution in [1.29, 1.82) is 5.26 Å². The van der Waals surface area contributed by atoms with Gasteiger partial charge in [-0.15, -0.1) is 5.54 Å². The summed E-state index contributed by atoms with van der Waals surface area (Å²) in [6.07, 6.45) is 5.12. The predicted molar refractivity (Wildman–Crippen MR) is 112 cm³/mol.